The molecule has 1 saturated carbocycles. The largest absolute Gasteiger partial charge is 0.294 e. The molecule has 3 heterocycles. The summed E-state index contributed by atoms with van der Waals surface area (Å²) in [5, 5.41) is 13.9. The number of nitrogens with zero attached hydrogens (tertiary/aromatic N) is 6. The molecule has 0 aliphatic heterocycles. The average molecular weight is 409 g/mol. The molecule has 1 fully saturated rings. The van der Waals surface area contributed by atoms with Gasteiger partial charge >= 0.3 is 0 Å². The summed E-state index contributed by atoms with van der Waals surface area (Å²) in [5.41, 5.74) is 3.71. The zero-order valence-corrected chi connectivity index (χ0v) is 17.1. The van der Waals surface area contributed by atoms with Gasteiger partial charge in [-0.15, -0.1) is 10.2 Å². The van der Waals surface area contributed by atoms with Gasteiger partial charge < -0.3 is 0 Å². The van der Waals surface area contributed by atoms with Gasteiger partial charge in [0, 0.05) is 11.1 Å². The molecule has 5 rings (SSSR count). The van der Waals surface area contributed by atoms with Crippen molar-refractivity contribution >= 4 is 28.4 Å². The van der Waals surface area contributed by atoms with Crippen LogP contribution in [0.1, 0.15) is 44.3 Å². The Morgan fingerprint density at radius 3 is 2.59 bits per heavy atom. The first-order chi connectivity index (χ1) is 14.0. The summed E-state index contributed by atoms with van der Waals surface area (Å²) < 4.78 is 3.36. The van der Waals surface area contributed by atoms with E-state index in [-0.39, 0.29) is 17.1 Å². The summed E-state index contributed by atoms with van der Waals surface area (Å²) in [6.07, 6.45) is 6.12. The number of aromatic nitrogens is 6. The monoisotopic (exact) mass is 408 g/mol. The molecule has 148 valence electrons. The lowest BCUT2D eigenvalue weighted by Gasteiger charge is -2.29. The molecule has 0 N–H and O–H groups in total. The van der Waals surface area contributed by atoms with E-state index < -0.39 is 0 Å². The molecule has 0 saturated heterocycles. The van der Waals surface area contributed by atoms with Crippen molar-refractivity contribution < 1.29 is 0 Å². The molecule has 4 aromatic rings. The van der Waals surface area contributed by atoms with E-state index in [0.717, 1.165) is 36.1 Å². The van der Waals surface area contributed by atoms with Crippen molar-refractivity contribution in [1.82, 2.24) is 29.4 Å². The third-order valence-electron chi connectivity index (χ3n) is 5.99. The second-order valence-electron chi connectivity index (χ2n) is 7.86. The van der Waals surface area contributed by atoms with Crippen LogP contribution in [0.15, 0.2) is 35.4 Å². The Bertz CT molecular complexity index is 1280. The van der Waals surface area contributed by atoms with Gasteiger partial charge in [0.2, 0.25) is 0 Å². The predicted molar refractivity (Wildman–Crippen MR) is 112 cm³/mol. The maximum Gasteiger partial charge on any atom is 0.283 e. The molecule has 8 heteroatoms. The van der Waals surface area contributed by atoms with Crippen LogP contribution in [0.5, 0.6) is 0 Å². The zero-order chi connectivity index (χ0) is 20.1. The van der Waals surface area contributed by atoms with Crippen LogP contribution in [0.2, 0.25) is 5.02 Å². The summed E-state index contributed by atoms with van der Waals surface area (Å²) in [7, 11) is 0. The normalized spacial score (nSPS) is 19.8. The number of rotatable bonds is 2. The Balaban J connectivity index is 1.70. The summed E-state index contributed by atoms with van der Waals surface area (Å²) in [5.74, 6) is 0.445. The van der Waals surface area contributed by atoms with Crippen molar-refractivity contribution in [3.05, 3.63) is 51.7 Å². The van der Waals surface area contributed by atoms with Crippen LogP contribution in [0, 0.1) is 12.8 Å². The fourth-order valence-electron chi connectivity index (χ4n) is 4.44. The Morgan fingerprint density at radius 1 is 1.07 bits per heavy atom. The minimum absolute atomic E-state index is 0.149. The van der Waals surface area contributed by atoms with Crippen molar-refractivity contribution in [1.29, 1.82) is 0 Å². The van der Waals surface area contributed by atoms with Gasteiger partial charge in [-0.05, 0) is 43.4 Å². The van der Waals surface area contributed by atoms with E-state index in [0.29, 0.717) is 22.2 Å². The number of aryl methyl sites for hydroxylation is 1. The van der Waals surface area contributed by atoms with Crippen LogP contribution >= 0.6 is 11.6 Å². The van der Waals surface area contributed by atoms with Gasteiger partial charge in [0.1, 0.15) is 6.33 Å². The van der Waals surface area contributed by atoms with Crippen LogP contribution in [-0.4, -0.2) is 29.4 Å². The standard InChI is InChI=1S/C21H21ClN6O/c1-12-5-3-4-6-16(12)27-11-23-20-18(21(27)29)24-25-19-17(13(2)26-28(19)20)14-7-9-15(22)10-8-14/h7-12,16H,3-6H2,1-2H3. The molecule has 29 heavy (non-hydrogen) atoms. The number of benzene rings is 1. The molecule has 0 bridgehead atoms. The van der Waals surface area contributed by atoms with Crippen molar-refractivity contribution in [2.24, 2.45) is 5.92 Å². The average Bonchev–Trinajstić information content (AvgIpc) is 3.06. The highest BCUT2D eigenvalue weighted by Crippen LogP contribution is 2.33. The second-order valence-corrected chi connectivity index (χ2v) is 8.30. The van der Waals surface area contributed by atoms with Crippen LogP contribution in [-0.2, 0) is 0 Å². The Morgan fingerprint density at radius 2 is 1.83 bits per heavy atom. The summed E-state index contributed by atoms with van der Waals surface area (Å²) in [6, 6.07) is 7.67. The Hall–Kier alpha value is -2.80. The minimum atomic E-state index is -0.149. The van der Waals surface area contributed by atoms with E-state index in [4.69, 9.17) is 11.6 Å². The molecule has 3 aromatic heterocycles. The van der Waals surface area contributed by atoms with Crippen molar-refractivity contribution in [3.8, 4) is 11.1 Å². The molecule has 1 aliphatic carbocycles. The van der Waals surface area contributed by atoms with E-state index in [2.05, 4.69) is 27.2 Å². The number of hydrogen-bond acceptors (Lipinski definition) is 5. The van der Waals surface area contributed by atoms with E-state index in [9.17, 15) is 4.79 Å². The Kier molecular flexibility index (Phi) is 4.35. The SMILES string of the molecule is Cc1nn2c(nnc3c(=O)n(C4CCCCC4C)cnc32)c1-c1ccc(Cl)cc1. The molecular formula is C21H21ClN6O. The molecule has 0 amide bonds. The van der Waals surface area contributed by atoms with E-state index in [1.54, 1.807) is 15.4 Å². The predicted octanol–water partition coefficient (Wildman–Crippen LogP) is 4.21. The van der Waals surface area contributed by atoms with Crippen LogP contribution < -0.4 is 5.56 Å². The first kappa shape index (κ1) is 18.2. The van der Waals surface area contributed by atoms with Gasteiger partial charge in [-0.25, -0.2) is 4.98 Å². The number of halogens is 1. The quantitative estimate of drug-likeness (QED) is 0.496. The lowest BCUT2D eigenvalue weighted by molar-refractivity contribution is 0.251. The fourth-order valence-corrected chi connectivity index (χ4v) is 4.57. The molecule has 7 nitrogen and oxygen atoms in total. The van der Waals surface area contributed by atoms with Crippen LogP contribution in [0.25, 0.3) is 27.9 Å². The van der Waals surface area contributed by atoms with Crippen molar-refractivity contribution in [2.45, 2.75) is 45.6 Å². The Labute approximate surface area is 172 Å². The van der Waals surface area contributed by atoms with Crippen molar-refractivity contribution in [3.63, 3.8) is 0 Å². The third kappa shape index (κ3) is 2.92. The summed E-state index contributed by atoms with van der Waals surface area (Å²) in [6.45, 7) is 4.11. The highest BCUT2D eigenvalue weighted by molar-refractivity contribution is 6.30. The lowest BCUT2D eigenvalue weighted by Crippen LogP contribution is -2.31. The third-order valence-corrected chi connectivity index (χ3v) is 6.24. The minimum Gasteiger partial charge on any atom is -0.294 e. The smallest absolute Gasteiger partial charge is 0.283 e. The van der Waals surface area contributed by atoms with Crippen LogP contribution in [0.3, 0.4) is 0 Å². The fraction of sp³-hybridized carbons (Fsp3) is 0.381. The van der Waals surface area contributed by atoms with Gasteiger partial charge in [0.05, 0.1) is 11.3 Å². The molecule has 0 radical (unpaired) electrons. The highest BCUT2D eigenvalue weighted by Gasteiger charge is 2.25. The lowest BCUT2D eigenvalue weighted by atomic mass is 9.86. The highest BCUT2D eigenvalue weighted by atomic mass is 35.5. The maximum atomic E-state index is 13.2. The van der Waals surface area contributed by atoms with Gasteiger partial charge in [-0.1, -0.05) is 43.5 Å². The molecule has 2 unspecified atom stereocenters. The molecular weight excluding hydrogens is 388 g/mol. The van der Waals surface area contributed by atoms with Gasteiger partial charge in [0.15, 0.2) is 16.8 Å². The van der Waals surface area contributed by atoms with Gasteiger partial charge in [-0.2, -0.15) is 9.61 Å². The van der Waals surface area contributed by atoms with Crippen LogP contribution in [0.4, 0.5) is 0 Å². The van der Waals surface area contributed by atoms with E-state index >= 15 is 0 Å². The summed E-state index contributed by atoms with van der Waals surface area (Å²) >= 11 is 6.02. The maximum absolute atomic E-state index is 13.2. The van der Waals surface area contributed by atoms with E-state index in [1.165, 1.54) is 6.42 Å². The first-order valence-corrected chi connectivity index (χ1v) is 10.3. The zero-order valence-electron chi connectivity index (χ0n) is 16.3. The van der Waals surface area contributed by atoms with Gasteiger partial charge in [-0.3, -0.25) is 9.36 Å². The van der Waals surface area contributed by atoms with E-state index in [1.807, 2.05) is 31.2 Å². The molecule has 2 atom stereocenters. The number of fused-ring (bicyclic) bond motifs is 3. The molecule has 1 aromatic carbocycles. The second kappa shape index (κ2) is 6.91. The number of hydrogen-bond donors (Lipinski definition) is 0. The van der Waals surface area contributed by atoms with Gasteiger partial charge in [0.25, 0.3) is 5.56 Å². The van der Waals surface area contributed by atoms with Crippen molar-refractivity contribution in [2.75, 3.05) is 0 Å². The summed E-state index contributed by atoms with van der Waals surface area (Å²) in [4.78, 5) is 17.8. The molecule has 0 spiro atoms. The molecule has 1 aliphatic rings. The topological polar surface area (TPSA) is 78.0 Å². The first-order valence-electron chi connectivity index (χ1n) is 9.93.